The van der Waals surface area contributed by atoms with Crippen molar-refractivity contribution in [2.45, 2.75) is 77.0 Å². The minimum Gasteiger partial charge on any atom is -0.311 e. The fourth-order valence-electron chi connectivity index (χ4n) is 14.0. The summed E-state index contributed by atoms with van der Waals surface area (Å²) in [6, 6.07) is 112. The maximum Gasteiger partial charge on any atom is 0.252 e. The van der Waals surface area contributed by atoms with Crippen molar-refractivity contribution in [2.75, 3.05) is 9.80 Å². The number of nitrogens with zero attached hydrogens (tertiary/aromatic N) is 2. The Hall–Kier alpha value is -9.70. The van der Waals surface area contributed by atoms with Crippen LogP contribution in [0, 0.1) is 0 Å². The van der Waals surface area contributed by atoms with Gasteiger partial charge in [-0.15, -0.1) is 0 Å². The third-order valence-corrected chi connectivity index (χ3v) is 19.6. The van der Waals surface area contributed by atoms with Crippen LogP contribution in [0.15, 0.2) is 297 Å². The van der Waals surface area contributed by atoms with Crippen molar-refractivity contribution >= 4 is 57.2 Å². The summed E-state index contributed by atoms with van der Waals surface area (Å²) >= 11 is 0. The van der Waals surface area contributed by atoms with Crippen LogP contribution in [-0.2, 0) is 21.7 Å². The average Bonchev–Trinajstić information content (AvgIpc) is 0.786. The largest absolute Gasteiger partial charge is 0.311 e. The Kier molecular flexibility index (Phi) is 13.7. The van der Waals surface area contributed by atoms with Gasteiger partial charge in [-0.25, -0.2) is 0 Å². The maximum absolute atomic E-state index is 2.64. The smallest absolute Gasteiger partial charge is 0.252 e. The molecule has 422 valence electrons. The first-order valence-electron chi connectivity index (χ1n) is 30.9. The van der Waals surface area contributed by atoms with E-state index in [0.717, 1.165) is 22.5 Å². The molecule has 0 aromatic heterocycles. The molecule has 12 aromatic rings. The normalized spacial score (nSPS) is 13.0. The molecule has 87 heavy (non-hydrogen) atoms. The third-order valence-electron chi connectivity index (χ3n) is 19.6. The Bertz CT molecular complexity index is 4070. The molecule has 14 rings (SSSR count). The second-order valence-corrected chi connectivity index (χ2v) is 26.2. The van der Waals surface area contributed by atoms with E-state index in [1.54, 1.807) is 0 Å². The molecule has 12 aromatic carbocycles. The summed E-state index contributed by atoms with van der Waals surface area (Å²) in [5, 5.41) is 0. The van der Waals surface area contributed by atoms with Gasteiger partial charge in [-0.2, -0.15) is 0 Å². The van der Waals surface area contributed by atoms with Crippen LogP contribution in [0.5, 0.6) is 0 Å². The van der Waals surface area contributed by atoms with E-state index < -0.39 is 0 Å². The van der Waals surface area contributed by atoms with Gasteiger partial charge in [0.05, 0.1) is 0 Å². The van der Waals surface area contributed by atoms with Gasteiger partial charge in [-0.1, -0.05) is 304 Å². The summed E-state index contributed by atoms with van der Waals surface area (Å²) in [5.74, 6) is 0. The predicted octanol–water partition coefficient (Wildman–Crippen LogP) is 20.1. The SMILES string of the molecule is CC(C)(c1ccccc1)c1cc(N2c3ccc(-c4ccccc4)cc3B3c4cc(-c5ccccc5)ccc4N(c4cc(C(C)(C)c5ccccc5)cc(C(C)(C)c5ccccc5)c4)c4cc(-c5ccccc5)cc2c43)cc(C(C)(C)c2ccccc2)c1. The van der Waals surface area contributed by atoms with Crippen LogP contribution in [0.2, 0.25) is 0 Å². The standard InChI is InChI=1S/C84H73BN2/c1-81(2,64-36-22-12-23-37-64)68-52-69(82(3,4)65-38-24-13-25-39-65)55-72(54-68)86-76-46-44-61(58-30-16-9-17-31-58)48-74(76)85-75-49-62(59-32-18-10-19-33-59)45-47-77(75)87(79-51-63(50-78(86)80(79)85)60-34-20-11-21-35-60)73-56-70(83(5,6)66-40-26-14-27-41-66)53-71(57-73)84(7,8)67-42-28-15-29-43-67/h9-57H,1-8H3. The molecular weight excluding hydrogens is 1050 g/mol. The summed E-state index contributed by atoms with van der Waals surface area (Å²) in [6.07, 6.45) is 0. The molecule has 3 heteroatoms. The third kappa shape index (κ3) is 9.71. The van der Waals surface area contributed by atoms with Gasteiger partial charge in [-0.05, 0) is 143 Å². The van der Waals surface area contributed by atoms with Crippen molar-refractivity contribution in [3.63, 3.8) is 0 Å². The number of benzene rings is 12. The first-order chi connectivity index (χ1) is 42.2. The zero-order valence-electron chi connectivity index (χ0n) is 51.3. The van der Waals surface area contributed by atoms with Crippen LogP contribution >= 0.6 is 0 Å². The van der Waals surface area contributed by atoms with Crippen molar-refractivity contribution in [1.29, 1.82) is 0 Å². The van der Waals surface area contributed by atoms with Crippen molar-refractivity contribution < 1.29 is 0 Å². The maximum atomic E-state index is 2.64. The molecule has 0 saturated heterocycles. The Labute approximate surface area is 516 Å². The highest BCUT2D eigenvalue weighted by molar-refractivity contribution is 7.00. The molecule has 0 radical (unpaired) electrons. The zero-order valence-corrected chi connectivity index (χ0v) is 51.3. The van der Waals surface area contributed by atoms with Crippen LogP contribution in [0.3, 0.4) is 0 Å². The number of anilines is 6. The van der Waals surface area contributed by atoms with Gasteiger partial charge < -0.3 is 9.80 Å². The van der Waals surface area contributed by atoms with Crippen molar-refractivity contribution in [2.24, 2.45) is 0 Å². The average molecular weight is 1120 g/mol. The van der Waals surface area contributed by atoms with E-state index in [9.17, 15) is 0 Å². The number of fused-ring (bicyclic) bond motifs is 4. The van der Waals surface area contributed by atoms with Crippen molar-refractivity contribution in [3.8, 4) is 33.4 Å². The summed E-state index contributed by atoms with van der Waals surface area (Å²) in [4.78, 5) is 5.29. The van der Waals surface area contributed by atoms with Gasteiger partial charge in [0.15, 0.2) is 0 Å². The Morgan fingerprint density at radius 3 is 0.770 bits per heavy atom. The molecule has 0 amide bonds. The lowest BCUT2D eigenvalue weighted by Crippen LogP contribution is -2.61. The van der Waals surface area contributed by atoms with Gasteiger partial charge in [0, 0.05) is 55.8 Å². The van der Waals surface area contributed by atoms with Crippen LogP contribution in [0.4, 0.5) is 34.1 Å². The van der Waals surface area contributed by atoms with E-state index >= 15 is 0 Å². The molecule has 0 atom stereocenters. The second-order valence-electron chi connectivity index (χ2n) is 26.2. The number of hydrogen-bond donors (Lipinski definition) is 0. The molecule has 0 unspecified atom stereocenters. The highest BCUT2D eigenvalue weighted by Crippen LogP contribution is 2.51. The number of rotatable bonds is 13. The van der Waals surface area contributed by atoms with E-state index in [0.29, 0.717) is 0 Å². The Morgan fingerprint density at radius 2 is 0.483 bits per heavy atom. The van der Waals surface area contributed by atoms with E-state index in [4.69, 9.17) is 0 Å². The predicted molar refractivity (Wildman–Crippen MR) is 371 cm³/mol. The van der Waals surface area contributed by atoms with Gasteiger partial charge in [0.25, 0.3) is 6.71 Å². The Morgan fingerprint density at radius 1 is 0.218 bits per heavy atom. The molecule has 0 spiro atoms. The lowest BCUT2D eigenvalue weighted by Gasteiger charge is -2.45. The lowest BCUT2D eigenvalue weighted by molar-refractivity contribution is 0.617. The topological polar surface area (TPSA) is 6.48 Å². The first-order valence-corrected chi connectivity index (χ1v) is 30.9. The summed E-state index contributed by atoms with van der Waals surface area (Å²) in [6.45, 7) is 19.0. The zero-order chi connectivity index (χ0) is 59.7. The van der Waals surface area contributed by atoms with Crippen LogP contribution in [0.1, 0.15) is 99.9 Å². The fraction of sp³-hybridized carbons (Fsp3) is 0.143. The minimum atomic E-state index is -0.351. The van der Waals surface area contributed by atoms with Crippen molar-refractivity contribution in [3.05, 3.63) is 342 Å². The van der Waals surface area contributed by atoms with E-state index in [2.05, 4.69) is 362 Å². The monoisotopic (exact) mass is 1120 g/mol. The second kappa shape index (κ2) is 21.7. The van der Waals surface area contributed by atoms with Gasteiger partial charge in [-0.3, -0.25) is 0 Å². The minimum absolute atomic E-state index is 0.155. The van der Waals surface area contributed by atoms with Crippen molar-refractivity contribution in [1.82, 2.24) is 0 Å². The summed E-state index contributed by atoms with van der Waals surface area (Å²) in [7, 11) is 0. The Balaban J connectivity index is 1.12. The van der Waals surface area contributed by atoms with E-state index in [1.807, 2.05) is 0 Å². The van der Waals surface area contributed by atoms with Crippen LogP contribution in [-0.4, -0.2) is 6.71 Å². The molecule has 0 aliphatic carbocycles. The molecule has 2 heterocycles. The summed E-state index contributed by atoms with van der Waals surface area (Å²) < 4.78 is 0. The van der Waals surface area contributed by atoms with Gasteiger partial charge in [0.1, 0.15) is 0 Å². The highest BCUT2D eigenvalue weighted by Gasteiger charge is 2.45. The highest BCUT2D eigenvalue weighted by atomic mass is 15.2. The quantitative estimate of drug-likeness (QED) is 0.106. The van der Waals surface area contributed by atoms with E-state index in [1.165, 1.54) is 106 Å². The molecule has 2 aliphatic heterocycles. The fourth-order valence-corrected chi connectivity index (χ4v) is 14.0. The molecule has 0 fully saturated rings. The molecule has 0 bridgehead atoms. The summed E-state index contributed by atoms with van der Waals surface area (Å²) in [5.41, 5.74) is 26.6. The van der Waals surface area contributed by atoms with Gasteiger partial charge in [0.2, 0.25) is 0 Å². The number of hydrogen-bond acceptors (Lipinski definition) is 2. The molecule has 0 saturated carbocycles. The van der Waals surface area contributed by atoms with Gasteiger partial charge >= 0.3 is 0 Å². The molecule has 0 N–H and O–H groups in total. The molecule has 2 nitrogen and oxygen atoms in total. The van der Waals surface area contributed by atoms with E-state index in [-0.39, 0.29) is 28.4 Å². The van der Waals surface area contributed by atoms with Crippen LogP contribution in [0.25, 0.3) is 33.4 Å². The first kappa shape index (κ1) is 55.2. The van der Waals surface area contributed by atoms with Crippen LogP contribution < -0.4 is 26.2 Å². The molecular formula is C84H73BN2. The molecule has 2 aliphatic rings. The lowest BCUT2D eigenvalue weighted by atomic mass is 9.33.